The lowest BCUT2D eigenvalue weighted by Gasteiger charge is -2.18. The van der Waals surface area contributed by atoms with Gasteiger partial charge in [0.25, 0.3) is 0 Å². The summed E-state index contributed by atoms with van der Waals surface area (Å²) in [5.41, 5.74) is 0. The second kappa shape index (κ2) is 5.97. The van der Waals surface area contributed by atoms with Gasteiger partial charge in [-0.3, -0.25) is 0 Å². The van der Waals surface area contributed by atoms with E-state index >= 15 is 0 Å². The van der Waals surface area contributed by atoms with Crippen molar-refractivity contribution in [1.82, 2.24) is 15.3 Å². The minimum absolute atomic E-state index is 0.104. The Labute approximate surface area is 107 Å². The third-order valence-corrected chi connectivity index (χ3v) is 2.76. The number of nitrogens with zero attached hydrogens (tertiary/aromatic N) is 2. The fourth-order valence-corrected chi connectivity index (χ4v) is 1.93. The molecule has 1 saturated heterocycles. The van der Waals surface area contributed by atoms with E-state index in [-0.39, 0.29) is 18.2 Å². The molecule has 2 N–H and O–H groups in total. The Morgan fingerprint density at radius 2 is 2.28 bits per heavy atom. The van der Waals surface area contributed by atoms with Crippen molar-refractivity contribution in [3.05, 3.63) is 12.3 Å². The number of anilines is 1. The minimum atomic E-state index is 0.104. The number of nitrogens with one attached hydrogen (secondary N) is 2. The molecule has 2 heterocycles. The molecular formula is C12H20N4O2. The van der Waals surface area contributed by atoms with Crippen LogP contribution in [0.4, 0.5) is 5.95 Å². The van der Waals surface area contributed by atoms with E-state index in [1.807, 2.05) is 13.8 Å². The summed E-state index contributed by atoms with van der Waals surface area (Å²) in [7, 11) is 1.71. The zero-order valence-electron chi connectivity index (χ0n) is 11.0. The third-order valence-electron chi connectivity index (χ3n) is 2.76. The van der Waals surface area contributed by atoms with Crippen molar-refractivity contribution in [2.45, 2.75) is 32.1 Å². The summed E-state index contributed by atoms with van der Waals surface area (Å²) in [6.07, 6.45) is 1.94. The first kappa shape index (κ1) is 13.0. The van der Waals surface area contributed by atoms with E-state index in [4.69, 9.17) is 9.47 Å². The molecule has 0 spiro atoms. The number of hydrogen-bond acceptors (Lipinski definition) is 6. The van der Waals surface area contributed by atoms with Gasteiger partial charge in [0.15, 0.2) is 0 Å². The summed E-state index contributed by atoms with van der Waals surface area (Å²) >= 11 is 0. The van der Waals surface area contributed by atoms with Crippen molar-refractivity contribution in [2.75, 3.05) is 25.5 Å². The van der Waals surface area contributed by atoms with E-state index in [1.54, 1.807) is 19.4 Å². The van der Waals surface area contributed by atoms with Crippen LogP contribution in [0.1, 0.15) is 13.8 Å². The molecule has 0 aromatic carbocycles. The lowest BCUT2D eigenvalue weighted by Crippen LogP contribution is -2.34. The zero-order chi connectivity index (χ0) is 13.0. The van der Waals surface area contributed by atoms with Crippen LogP contribution in [-0.4, -0.2) is 48.4 Å². The summed E-state index contributed by atoms with van der Waals surface area (Å²) < 4.78 is 10.9. The molecule has 0 aliphatic carbocycles. The molecule has 0 amide bonds. The molecule has 1 aliphatic rings. The highest BCUT2D eigenvalue weighted by molar-refractivity contribution is 5.30. The highest BCUT2D eigenvalue weighted by Crippen LogP contribution is 2.13. The van der Waals surface area contributed by atoms with Gasteiger partial charge in [-0.2, -0.15) is 4.98 Å². The minimum Gasteiger partial charge on any atom is -0.475 e. The average Bonchev–Trinajstić information content (AvgIpc) is 2.76. The van der Waals surface area contributed by atoms with Crippen LogP contribution in [0.2, 0.25) is 0 Å². The maximum atomic E-state index is 5.53. The van der Waals surface area contributed by atoms with Gasteiger partial charge in [-0.15, -0.1) is 0 Å². The molecule has 1 unspecified atom stereocenters. The third kappa shape index (κ3) is 3.30. The van der Waals surface area contributed by atoms with Gasteiger partial charge in [0, 0.05) is 32.5 Å². The number of ether oxygens (including phenoxy) is 2. The molecule has 2 rings (SSSR count). The van der Waals surface area contributed by atoms with Gasteiger partial charge in [0.1, 0.15) is 0 Å². The SMILES string of the molecule is CO[C@H]1CNCC1Nc1nccc(OC(C)C)n1. The van der Waals surface area contributed by atoms with Crippen molar-refractivity contribution >= 4 is 5.95 Å². The van der Waals surface area contributed by atoms with Crippen LogP contribution in [0.15, 0.2) is 12.3 Å². The van der Waals surface area contributed by atoms with Gasteiger partial charge in [-0.05, 0) is 13.8 Å². The molecule has 2 atom stereocenters. The molecule has 0 bridgehead atoms. The fraction of sp³-hybridized carbons (Fsp3) is 0.667. The Kier molecular flexibility index (Phi) is 4.33. The first-order chi connectivity index (χ1) is 8.69. The molecule has 1 aromatic rings. The molecule has 6 heteroatoms. The molecule has 6 nitrogen and oxygen atoms in total. The van der Waals surface area contributed by atoms with Gasteiger partial charge < -0.3 is 20.1 Å². The van der Waals surface area contributed by atoms with E-state index < -0.39 is 0 Å². The predicted molar refractivity (Wildman–Crippen MR) is 68.9 cm³/mol. The average molecular weight is 252 g/mol. The van der Waals surface area contributed by atoms with Crippen molar-refractivity contribution in [1.29, 1.82) is 0 Å². The van der Waals surface area contributed by atoms with Gasteiger partial charge in [0.2, 0.25) is 11.8 Å². The van der Waals surface area contributed by atoms with Crippen LogP contribution in [0.25, 0.3) is 0 Å². The van der Waals surface area contributed by atoms with Gasteiger partial charge in [0.05, 0.1) is 18.2 Å². The monoisotopic (exact) mass is 252 g/mol. The highest BCUT2D eigenvalue weighted by atomic mass is 16.5. The highest BCUT2D eigenvalue weighted by Gasteiger charge is 2.27. The quantitative estimate of drug-likeness (QED) is 0.802. The van der Waals surface area contributed by atoms with Crippen LogP contribution in [-0.2, 0) is 4.74 Å². The zero-order valence-corrected chi connectivity index (χ0v) is 11.0. The second-order valence-electron chi connectivity index (χ2n) is 4.57. The molecule has 1 aliphatic heterocycles. The van der Waals surface area contributed by atoms with Crippen LogP contribution >= 0.6 is 0 Å². The summed E-state index contributed by atoms with van der Waals surface area (Å²) in [4.78, 5) is 8.51. The summed E-state index contributed by atoms with van der Waals surface area (Å²) in [6.45, 7) is 5.63. The number of hydrogen-bond donors (Lipinski definition) is 2. The summed E-state index contributed by atoms with van der Waals surface area (Å²) in [6, 6.07) is 1.94. The standard InChI is InChI=1S/C12H20N4O2/c1-8(2)18-11-4-5-14-12(16-11)15-9-6-13-7-10(9)17-3/h4-5,8-10,13H,6-7H2,1-3H3,(H,14,15,16)/t9?,10-/m0/s1. The maximum absolute atomic E-state index is 5.53. The lowest BCUT2D eigenvalue weighted by atomic mass is 10.2. The predicted octanol–water partition coefficient (Wildman–Crippen LogP) is 0.662. The molecule has 1 fully saturated rings. The Balaban J connectivity index is 2.00. The first-order valence-electron chi connectivity index (χ1n) is 6.19. The van der Waals surface area contributed by atoms with E-state index in [2.05, 4.69) is 20.6 Å². The van der Waals surface area contributed by atoms with E-state index in [0.29, 0.717) is 11.8 Å². The van der Waals surface area contributed by atoms with Crippen LogP contribution < -0.4 is 15.4 Å². The van der Waals surface area contributed by atoms with Crippen molar-refractivity contribution in [3.8, 4) is 5.88 Å². The first-order valence-corrected chi connectivity index (χ1v) is 6.19. The molecule has 100 valence electrons. The van der Waals surface area contributed by atoms with E-state index in [1.165, 1.54) is 0 Å². The van der Waals surface area contributed by atoms with Crippen molar-refractivity contribution in [2.24, 2.45) is 0 Å². The van der Waals surface area contributed by atoms with E-state index in [0.717, 1.165) is 13.1 Å². The van der Waals surface area contributed by atoms with Gasteiger partial charge in [-0.1, -0.05) is 0 Å². The Morgan fingerprint density at radius 3 is 3.00 bits per heavy atom. The van der Waals surface area contributed by atoms with Crippen molar-refractivity contribution in [3.63, 3.8) is 0 Å². The van der Waals surface area contributed by atoms with Crippen LogP contribution in [0.3, 0.4) is 0 Å². The topological polar surface area (TPSA) is 68.3 Å². The number of methoxy groups -OCH3 is 1. The second-order valence-corrected chi connectivity index (χ2v) is 4.57. The van der Waals surface area contributed by atoms with Gasteiger partial charge in [-0.25, -0.2) is 4.98 Å². The van der Waals surface area contributed by atoms with E-state index in [9.17, 15) is 0 Å². The smallest absolute Gasteiger partial charge is 0.226 e. The van der Waals surface area contributed by atoms with Crippen molar-refractivity contribution < 1.29 is 9.47 Å². The Bertz CT molecular complexity index is 386. The Morgan fingerprint density at radius 1 is 1.44 bits per heavy atom. The summed E-state index contributed by atoms with van der Waals surface area (Å²) in [5.74, 6) is 1.16. The molecule has 0 saturated carbocycles. The maximum Gasteiger partial charge on any atom is 0.226 e. The van der Waals surface area contributed by atoms with Crippen LogP contribution in [0.5, 0.6) is 5.88 Å². The Hall–Kier alpha value is -1.40. The van der Waals surface area contributed by atoms with Gasteiger partial charge >= 0.3 is 0 Å². The molecule has 18 heavy (non-hydrogen) atoms. The largest absolute Gasteiger partial charge is 0.475 e. The molecule has 1 aromatic heterocycles. The number of aromatic nitrogens is 2. The van der Waals surface area contributed by atoms with Crippen LogP contribution in [0, 0.1) is 0 Å². The normalized spacial score (nSPS) is 23.3. The lowest BCUT2D eigenvalue weighted by molar-refractivity contribution is 0.111. The number of rotatable bonds is 5. The molecule has 0 radical (unpaired) electrons. The summed E-state index contributed by atoms with van der Waals surface area (Å²) in [5, 5.41) is 6.53. The molecular weight excluding hydrogens is 232 g/mol. The fourth-order valence-electron chi connectivity index (χ4n) is 1.93.